The van der Waals surface area contributed by atoms with Gasteiger partial charge in [0.25, 0.3) is 0 Å². The van der Waals surface area contributed by atoms with Crippen molar-refractivity contribution in [3.8, 4) is 0 Å². The van der Waals surface area contributed by atoms with Crippen LogP contribution in [0.3, 0.4) is 0 Å². The molecule has 94 valence electrons. The van der Waals surface area contributed by atoms with E-state index in [9.17, 15) is 9.18 Å². The molecule has 0 aliphatic carbocycles. The number of aromatic nitrogens is 1. The van der Waals surface area contributed by atoms with Crippen LogP contribution in [0.1, 0.15) is 20.8 Å². The maximum Gasteiger partial charge on any atom is 0.412 e. The molecule has 4 nitrogen and oxygen atoms in total. The minimum Gasteiger partial charge on any atom is -0.444 e. The summed E-state index contributed by atoms with van der Waals surface area (Å²) in [6.07, 6.45) is 0.363. The number of nitrogens with one attached hydrogen (secondary N) is 1. The Hall–Kier alpha value is -0.880. The Kier molecular flexibility index (Phi) is 4.32. The number of ether oxygens (including phenoxy) is 1. The van der Waals surface area contributed by atoms with Crippen LogP contribution in [0.5, 0.6) is 0 Å². The average Bonchev–Trinajstić information content (AvgIpc) is 2.16. The lowest BCUT2D eigenvalue weighted by molar-refractivity contribution is 0.0635. The van der Waals surface area contributed by atoms with Crippen molar-refractivity contribution in [2.75, 3.05) is 5.32 Å². The molecule has 0 saturated carbocycles. The van der Waals surface area contributed by atoms with Crippen molar-refractivity contribution in [2.24, 2.45) is 0 Å². The van der Waals surface area contributed by atoms with Crippen molar-refractivity contribution in [1.29, 1.82) is 0 Å². The van der Waals surface area contributed by atoms with Gasteiger partial charge < -0.3 is 4.74 Å². The molecule has 0 radical (unpaired) electrons. The Morgan fingerprint density at radius 3 is 2.71 bits per heavy atom. The summed E-state index contributed by atoms with van der Waals surface area (Å²) < 4.78 is 18.7. The summed E-state index contributed by atoms with van der Waals surface area (Å²) >= 11 is 8.56. The summed E-state index contributed by atoms with van der Waals surface area (Å²) in [5.74, 6) is -0.764. The summed E-state index contributed by atoms with van der Waals surface area (Å²) in [5.41, 5.74) is -0.814. The summed E-state index contributed by atoms with van der Waals surface area (Å²) in [6.45, 7) is 5.11. The normalized spacial score (nSPS) is 11.2. The predicted octanol–water partition coefficient (Wildman–Crippen LogP) is 3.98. The molecule has 1 aromatic rings. The molecule has 1 rings (SSSR count). The van der Waals surface area contributed by atoms with E-state index in [1.54, 1.807) is 20.8 Å². The second-order valence-corrected chi connectivity index (χ2v) is 5.37. The molecule has 1 amide bonds. The highest BCUT2D eigenvalue weighted by molar-refractivity contribution is 9.10. The van der Waals surface area contributed by atoms with E-state index >= 15 is 0 Å². The van der Waals surface area contributed by atoms with Crippen LogP contribution in [-0.2, 0) is 4.74 Å². The van der Waals surface area contributed by atoms with E-state index in [2.05, 4.69) is 26.2 Å². The van der Waals surface area contributed by atoms with Crippen molar-refractivity contribution >= 4 is 39.3 Å². The lowest BCUT2D eigenvalue weighted by Gasteiger charge is -2.20. The zero-order valence-electron chi connectivity index (χ0n) is 9.47. The number of amides is 1. The number of pyridine rings is 1. The molecule has 0 fully saturated rings. The number of rotatable bonds is 1. The van der Waals surface area contributed by atoms with Gasteiger partial charge in [-0.3, -0.25) is 5.32 Å². The number of nitrogens with zero attached hydrogens (tertiary/aromatic N) is 1. The van der Waals surface area contributed by atoms with Crippen molar-refractivity contribution in [1.82, 2.24) is 4.98 Å². The summed E-state index contributed by atoms with van der Waals surface area (Å²) in [6, 6.07) is 0. The molecule has 1 heterocycles. The lowest BCUT2D eigenvalue weighted by Crippen LogP contribution is -2.27. The van der Waals surface area contributed by atoms with E-state index in [0.717, 1.165) is 6.20 Å². The monoisotopic (exact) mass is 324 g/mol. The second-order valence-electron chi connectivity index (χ2n) is 4.21. The van der Waals surface area contributed by atoms with Crippen LogP contribution in [0, 0.1) is 5.82 Å². The van der Waals surface area contributed by atoms with Gasteiger partial charge in [-0.1, -0.05) is 11.6 Å². The zero-order valence-corrected chi connectivity index (χ0v) is 11.8. The number of hydrogen-bond donors (Lipinski definition) is 1. The molecule has 0 aliphatic rings. The Bertz CT molecular complexity index is 449. The molecule has 7 heteroatoms. The Balaban J connectivity index is 2.89. The first-order valence-electron chi connectivity index (χ1n) is 4.70. The molecule has 1 aromatic heterocycles. The zero-order chi connectivity index (χ0) is 13.2. The van der Waals surface area contributed by atoms with E-state index in [0.29, 0.717) is 0 Å². The van der Waals surface area contributed by atoms with Crippen LogP contribution in [0.2, 0.25) is 5.02 Å². The molecule has 1 N–H and O–H groups in total. The quantitative estimate of drug-likeness (QED) is 0.794. The number of anilines is 1. The largest absolute Gasteiger partial charge is 0.444 e. The van der Waals surface area contributed by atoms with E-state index in [4.69, 9.17) is 16.3 Å². The van der Waals surface area contributed by atoms with Crippen LogP contribution in [0.25, 0.3) is 0 Å². The highest BCUT2D eigenvalue weighted by Gasteiger charge is 2.20. The van der Waals surface area contributed by atoms with Gasteiger partial charge >= 0.3 is 6.09 Å². The van der Waals surface area contributed by atoms with Crippen molar-refractivity contribution in [3.05, 3.63) is 21.6 Å². The number of carbonyl (C=O) groups excluding carboxylic acids is 1. The molecule has 0 spiro atoms. The molecule has 0 aromatic carbocycles. The first-order valence-corrected chi connectivity index (χ1v) is 5.87. The minimum atomic E-state index is -0.777. The number of halogens is 3. The fourth-order valence-corrected chi connectivity index (χ4v) is 1.48. The van der Waals surface area contributed by atoms with Gasteiger partial charge in [0.15, 0.2) is 5.82 Å². The number of carbonyl (C=O) groups is 1. The summed E-state index contributed by atoms with van der Waals surface area (Å²) in [4.78, 5) is 15.2. The highest BCUT2D eigenvalue weighted by Crippen LogP contribution is 2.28. The SMILES string of the molecule is CC(C)(C)OC(=O)Nc1c(Br)ncc(Cl)c1F. The van der Waals surface area contributed by atoms with Crippen LogP contribution < -0.4 is 5.32 Å². The molecule has 0 bridgehead atoms. The van der Waals surface area contributed by atoms with E-state index in [1.807, 2.05) is 0 Å². The second kappa shape index (κ2) is 5.18. The minimum absolute atomic E-state index is 0.144. The maximum atomic E-state index is 13.6. The van der Waals surface area contributed by atoms with Crippen LogP contribution in [-0.4, -0.2) is 16.7 Å². The molecular formula is C10H11BrClFN2O2. The van der Waals surface area contributed by atoms with Gasteiger partial charge in [-0.2, -0.15) is 0 Å². The van der Waals surface area contributed by atoms with Crippen LogP contribution >= 0.6 is 27.5 Å². The molecular weight excluding hydrogens is 314 g/mol. The van der Waals surface area contributed by atoms with Crippen molar-refractivity contribution in [2.45, 2.75) is 26.4 Å². The summed E-state index contributed by atoms with van der Waals surface area (Å²) in [5, 5.41) is 2.06. The third-order valence-electron chi connectivity index (χ3n) is 1.55. The maximum absolute atomic E-state index is 13.6. The van der Waals surface area contributed by atoms with Gasteiger partial charge in [0.1, 0.15) is 15.9 Å². The third-order valence-corrected chi connectivity index (χ3v) is 2.42. The lowest BCUT2D eigenvalue weighted by atomic mass is 10.2. The fourth-order valence-electron chi connectivity index (χ4n) is 0.957. The molecule has 0 atom stereocenters. The first kappa shape index (κ1) is 14.2. The molecule has 17 heavy (non-hydrogen) atoms. The van der Waals surface area contributed by atoms with Crippen molar-refractivity contribution in [3.63, 3.8) is 0 Å². The van der Waals surface area contributed by atoms with E-state index < -0.39 is 17.5 Å². The van der Waals surface area contributed by atoms with Crippen molar-refractivity contribution < 1.29 is 13.9 Å². The van der Waals surface area contributed by atoms with Gasteiger partial charge in [0.2, 0.25) is 0 Å². The Morgan fingerprint density at radius 2 is 2.18 bits per heavy atom. The van der Waals surface area contributed by atoms with E-state index in [-0.39, 0.29) is 15.3 Å². The van der Waals surface area contributed by atoms with Gasteiger partial charge in [-0.15, -0.1) is 0 Å². The standard InChI is InChI=1S/C10H11BrClFN2O2/c1-10(2,3)17-9(16)15-7-6(13)5(12)4-14-8(7)11/h4H,1-3H3,(H,15,16). The van der Waals surface area contributed by atoms with Gasteiger partial charge in [-0.05, 0) is 36.7 Å². The Labute approximate surface area is 112 Å². The van der Waals surface area contributed by atoms with Gasteiger partial charge in [0, 0.05) is 6.20 Å². The molecule has 0 aliphatic heterocycles. The average molecular weight is 326 g/mol. The van der Waals surface area contributed by atoms with E-state index in [1.165, 1.54) is 0 Å². The fraction of sp³-hybridized carbons (Fsp3) is 0.400. The molecule has 0 saturated heterocycles. The van der Waals surface area contributed by atoms with Crippen LogP contribution in [0.4, 0.5) is 14.9 Å². The Morgan fingerprint density at radius 1 is 1.59 bits per heavy atom. The van der Waals surface area contributed by atoms with Gasteiger partial charge in [-0.25, -0.2) is 14.2 Å². The topological polar surface area (TPSA) is 51.2 Å². The predicted molar refractivity (Wildman–Crippen MR) is 66.8 cm³/mol. The van der Waals surface area contributed by atoms with Gasteiger partial charge in [0.05, 0.1) is 5.02 Å². The smallest absolute Gasteiger partial charge is 0.412 e. The first-order chi connectivity index (χ1) is 7.70. The molecule has 0 unspecified atom stereocenters. The summed E-state index contributed by atoms with van der Waals surface area (Å²) in [7, 11) is 0. The number of hydrogen-bond acceptors (Lipinski definition) is 3. The third kappa shape index (κ3) is 4.12. The van der Waals surface area contributed by atoms with Crippen LogP contribution in [0.15, 0.2) is 10.8 Å². The highest BCUT2D eigenvalue weighted by atomic mass is 79.9.